The smallest absolute Gasteiger partial charge is 0.275 e. The summed E-state index contributed by atoms with van der Waals surface area (Å²) in [5.41, 5.74) is 1.83. The molecule has 2 aliphatic heterocycles. The summed E-state index contributed by atoms with van der Waals surface area (Å²) in [6.45, 7) is 5.10. The first kappa shape index (κ1) is 22.3. The first-order valence-electron chi connectivity index (χ1n) is 11.7. The van der Waals surface area contributed by atoms with Crippen molar-refractivity contribution in [1.29, 1.82) is 0 Å². The summed E-state index contributed by atoms with van der Waals surface area (Å²) in [7, 11) is 0. The molecule has 6 nitrogen and oxygen atoms in total. The fraction of sp³-hybridized carbons (Fsp3) is 0.259. The van der Waals surface area contributed by atoms with Gasteiger partial charge >= 0.3 is 0 Å². The van der Waals surface area contributed by atoms with E-state index in [1.54, 1.807) is 16.0 Å². The van der Waals surface area contributed by atoms with Crippen LogP contribution < -0.4 is 10.3 Å². The summed E-state index contributed by atoms with van der Waals surface area (Å²) < 4.78 is 9.33. The highest BCUT2D eigenvalue weighted by molar-refractivity contribution is 7.17. The molecule has 0 N–H and O–H groups in total. The van der Waals surface area contributed by atoms with Gasteiger partial charge in [0, 0.05) is 18.5 Å². The quantitative estimate of drug-likeness (QED) is 0.229. The molecule has 0 fully saturated rings. The zero-order valence-electron chi connectivity index (χ0n) is 19.3. The molecule has 0 amide bonds. The van der Waals surface area contributed by atoms with Crippen molar-refractivity contribution in [2.45, 2.75) is 26.3 Å². The van der Waals surface area contributed by atoms with Crippen LogP contribution in [0.1, 0.15) is 19.8 Å². The van der Waals surface area contributed by atoms with Crippen molar-refractivity contribution < 1.29 is 9.22 Å². The van der Waals surface area contributed by atoms with E-state index in [0.717, 1.165) is 57.6 Å². The summed E-state index contributed by atoms with van der Waals surface area (Å²) in [5, 5.41) is 7.37. The lowest BCUT2D eigenvalue weighted by molar-refractivity contribution is -0.835. The van der Waals surface area contributed by atoms with Gasteiger partial charge in [0.05, 0.1) is 23.2 Å². The molecule has 3 aromatic rings. The van der Waals surface area contributed by atoms with E-state index in [2.05, 4.69) is 47.7 Å². The lowest BCUT2D eigenvalue weighted by Gasteiger charge is -2.29. The zero-order valence-corrected chi connectivity index (χ0v) is 20.1. The molecule has 4 heterocycles. The topological polar surface area (TPSA) is 47.4 Å². The van der Waals surface area contributed by atoms with E-state index < -0.39 is 0 Å². The number of benzene rings is 1. The molecule has 172 valence electrons. The van der Waals surface area contributed by atoms with Gasteiger partial charge in [-0.2, -0.15) is 5.10 Å². The number of fused-ring (bicyclic) bond motifs is 1. The van der Waals surface area contributed by atoms with Crippen LogP contribution in [0.2, 0.25) is 0 Å². The molecule has 0 unspecified atom stereocenters. The molecule has 0 atom stereocenters. The summed E-state index contributed by atoms with van der Waals surface area (Å²) in [4.78, 5) is 14.7. The van der Waals surface area contributed by atoms with Crippen molar-refractivity contribution in [1.82, 2.24) is 14.7 Å². The Morgan fingerprint density at radius 1 is 1.12 bits per heavy atom. The van der Waals surface area contributed by atoms with Crippen molar-refractivity contribution >= 4 is 21.4 Å². The lowest BCUT2D eigenvalue weighted by atomic mass is 10.1. The van der Waals surface area contributed by atoms with E-state index in [1.165, 1.54) is 0 Å². The number of aryl methyl sites for hydroxylation is 1. The minimum atomic E-state index is -0.0143. The Labute approximate surface area is 203 Å². The molecule has 0 saturated carbocycles. The first-order chi connectivity index (χ1) is 16.7. The van der Waals surface area contributed by atoms with Crippen LogP contribution in [0, 0.1) is 6.20 Å². The number of rotatable bonds is 10. The summed E-state index contributed by atoms with van der Waals surface area (Å²) in [5.74, 6) is 0.839. The maximum absolute atomic E-state index is 12.6. The molecule has 2 aromatic heterocycles. The van der Waals surface area contributed by atoms with Crippen molar-refractivity contribution in [2.24, 2.45) is 0 Å². The third kappa shape index (κ3) is 4.59. The molecule has 5 rings (SSSR count). The predicted octanol–water partition coefficient (Wildman–Crippen LogP) is 5.27. The van der Waals surface area contributed by atoms with Crippen molar-refractivity contribution in [2.75, 3.05) is 19.8 Å². The Kier molecular flexibility index (Phi) is 6.41. The van der Waals surface area contributed by atoms with Gasteiger partial charge in [-0.15, -0.1) is 16.2 Å². The fourth-order valence-electron chi connectivity index (χ4n) is 4.33. The van der Waals surface area contributed by atoms with Gasteiger partial charge in [0.1, 0.15) is 42.2 Å². The van der Waals surface area contributed by atoms with Gasteiger partial charge in [-0.1, -0.05) is 6.92 Å². The molecule has 34 heavy (non-hydrogen) atoms. The van der Waals surface area contributed by atoms with Crippen LogP contribution in [0.5, 0.6) is 5.75 Å². The normalized spacial score (nSPS) is 15.5. The van der Waals surface area contributed by atoms with Crippen LogP contribution in [0.4, 0.5) is 0 Å². The lowest BCUT2D eigenvalue weighted by Crippen LogP contribution is -2.43. The van der Waals surface area contributed by atoms with E-state index in [9.17, 15) is 4.79 Å². The van der Waals surface area contributed by atoms with E-state index in [-0.39, 0.29) is 5.56 Å². The average molecular weight is 473 g/mol. The number of quaternary nitrogens is 1. The van der Waals surface area contributed by atoms with E-state index in [1.807, 2.05) is 54.1 Å². The van der Waals surface area contributed by atoms with Crippen LogP contribution in [-0.2, 0) is 6.54 Å². The first-order valence-corrected chi connectivity index (χ1v) is 12.5. The van der Waals surface area contributed by atoms with Crippen molar-refractivity contribution in [3.8, 4) is 17.0 Å². The molecule has 1 aromatic carbocycles. The summed E-state index contributed by atoms with van der Waals surface area (Å²) >= 11 is 1.56. The third-order valence-electron chi connectivity index (χ3n) is 6.01. The van der Waals surface area contributed by atoms with Crippen LogP contribution in [-0.4, -0.2) is 39.0 Å². The van der Waals surface area contributed by atoms with Crippen molar-refractivity contribution in [3.05, 3.63) is 95.2 Å². The van der Waals surface area contributed by atoms with Gasteiger partial charge in [0.15, 0.2) is 12.9 Å². The Morgan fingerprint density at radius 3 is 2.68 bits per heavy atom. The second-order valence-electron chi connectivity index (χ2n) is 8.52. The Balaban J connectivity index is 1.23. The largest absolute Gasteiger partial charge is 0.493 e. The minimum absolute atomic E-state index is 0.0143. The predicted molar refractivity (Wildman–Crippen MR) is 137 cm³/mol. The van der Waals surface area contributed by atoms with Gasteiger partial charge in [-0.3, -0.25) is 9.28 Å². The maximum Gasteiger partial charge on any atom is 0.275 e. The van der Waals surface area contributed by atoms with E-state index in [0.29, 0.717) is 13.2 Å². The molecule has 7 heteroatoms. The Morgan fingerprint density at radius 2 is 1.94 bits per heavy atom. The van der Waals surface area contributed by atoms with Crippen LogP contribution in [0.3, 0.4) is 0 Å². The standard InChI is InChI=1S/C27H28N4O2S/c1-2-13-30-27(32)24-12-20-34-26(24)25(28-30)22-8-10-23(11-9-22)33-19-7-18-31(16-5-6-17-31)21-29-14-3-4-15-29/h3-6,8-12,14,16-17,20H,2,7,13,18-19,21H2,1H3/q+2. The molecular formula is C27H28N4O2S+2. The number of ether oxygens (including phenoxy) is 1. The zero-order chi connectivity index (χ0) is 23.4. The monoisotopic (exact) mass is 472 g/mol. The van der Waals surface area contributed by atoms with Crippen LogP contribution in [0.25, 0.3) is 21.3 Å². The Bertz CT molecular complexity index is 1310. The Hall–Kier alpha value is -3.51. The second-order valence-corrected chi connectivity index (χ2v) is 9.44. The molecular weight excluding hydrogens is 444 g/mol. The van der Waals surface area contributed by atoms with Crippen LogP contribution in [0.15, 0.2) is 83.4 Å². The van der Waals surface area contributed by atoms with Crippen molar-refractivity contribution in [3.63, 3.8) is 0 Å². The number of thiophene rings is 1. The van der Waals surface area contributed by atoms with Gasteiger partial charge in [-0.25, -0.2) is 4.68 Å². The highest BCUT2D eigenvalue weighted by atomic mass is 32.1. The van der Waals surface area contributed by atoms with Gasteiger partial charge in [-0.05, 0) is 54.3 Å². The van der Waals surface area contributed by atoms with E-state index >= 15 is 0 Å². The molecule has 0 spiro atoms. The summed E-state index contributed by atoms with van der Waals surface area (Å²) in [6.07, 6.45) is 19.7. The number of aromatic nitrogens is 2. The SMILES string of the molecule is CCCn1nc(-c2ccc(OCCC[N+]3(CN4[C+]=CC=C4)C=CC=C3)cc2)c2sccc2c1=O. The highest BCUT2D eigenvalue weighted by Crippen LogP contribution is 2.30. The van der Waals surface area contributed by atoms with Gasteiger partial charge in [0.25, 0.3) is 5.56 Å². The maximum atomic E-state index is 12.6. The fourth-order valence-corrected chi connectivity index (χ4v) is 5.22. The van der Waals surface area contributed by atoms with Crippen LogP contribution >= 0.6 is 11.3 Å². The molecule has 0 bridgehead atoms. The van der Waals surface area contributed by atoms with Gasteiger partial charge in [0.2, 0.25) is 0 Å². The minimum Gasteiger partial charge on any atom is -0.493 e. The molecule has 0 aliphatic carbocycles. The molecule has 2 aliphatic rings. The second kappa shape index (κ2) is 9.77. The number of nitrogens with zero attached hydrogens (tertiary/aromatic N) is 4. The summed E-state index contributed by atoms with van der Waals surface area (Å²) in [6, 6.07) is 9.92. The number of allylic oxidation sites excluding steroid dienone is 4. The average Bonchev–Trinajstić information content (AvgIpc) is 3.63. The van der Waals surface area contributed by atoms with Gasteiger partial charge < -0.3 is 4.74 Å². The van der Waals surface area contributed by atoms with E-state index in [4.69, 9.17) is 4.74 Å². The molecule has 0 saturated heterocycles. The number of hydrogen-bond donors (Lipinski definition) is 0. The third-order valence-corrected chi connectivity index (χ3v) is 6.93. The molecule has 0 radical (unpaired) electrons. The number of hydrogen-bond acceptors (Lipinski definition) is 5. The highest BCUT2D eigenvalue weighted by Gasteiger charge is 2.29.